The molecule has 2 rings (SSSR count). The van der Waals surface area contributed by atoms with Gasteiger partial charge < -0.3 is 4.74 Å². The van der Waals surface area contributed by atoms with Crippen LogP contribution in [0.5, 0.6) is 0 Å². The van der Waals surface area contributed by atoms with Crippen LogP contribution in [0.25, 0.3) is 10.9 Å². The van der Waals surface area contributed by atoms with Gasteiger partial charge in [-0.1, -0.05) is 12.1 Å². The molecule has 0 saturated heterocycles. The lowest BCUT2D eigenvalue weighted by Gasteiger charge is -1.98. The van der Waals surface area contributed by atoms with E-state index in [9.17, 15) is 4.79 Å². The zero-order valence-electron chi connectivity index (χ0n) is 6.98. The average Bonchev–Trinajstić information content (AvgIpc) is 2.63. The van der Waals surface area contributed by atoms with Gasteiger partial charge in [0.1, 0.15) is 0 Å². The fraction of sp³-hybridized carbons (Fsp3) is 0.111. The van der Waals surface area contributed by atoms with Gasteiger partial charge in [-0.15, -0.1) is 0 Å². The van der Waals surface area contributed by atoms with Crippen molar-refractivity contribution in [2.24, 2.45) is 0 Å². The van der Waals surface area contributed by atoms with E-state index in [1.165, 1.54) is 18.6 Å². The number of benzene rings is 1. The van der Waals surface area contributed by atoms with Crippen molar-refractivity contribution in [1.82, 2.24) is 4.37 Å². The summed E-state index contributed by atoms with van der Waals surface area (Å²) in [5.41, 5.74) is 1.25. The summed E-state index contributed by atoms with van der Waals surface area (Å²) in [6.07, 6.45) is 0. The quantitative estimate of drug-likeness (QED) is 0.651. The minimum atomic E-state index is -0.337. The summed E-state index contributed by atoms with van der Waals surface area (Å²) < 4.78 is 8.77. The van der Waals surface area contributed by atoms with Crippen molar-refractivity contribution < 1.29 is 9.53 Å². The highest BCUT2D eigenvalue weighted by Crippen LogP contribution is 2.19. The molecule has 1 aromatic carbocycles. The number of carbonyl (C=O) groups is 1. The molecule has 0 atom stereocenters. The molecule has 0 aliphatic heterocycles. The number of aromatic nitrogens is 1. The molecule has 0 saturated carbocycles. The summed E-state index contributed by atoms with van der Waals surface area (Å²) in [5.74, 6) is -0.337. The number of carbonyl (C=O) groups excluding carboxylic acids is 1. The van der Waals surface area contributed by atoms with Gasteiger partial charge in [0.05, 0.1) is 18.2 Å². The van der Waals surface area contributed by atoms with Gasteiger partial charge in [-0.2, -0.15) is 4.37 Å². The van der Waals surface area contributed by atoms with Crippen LogP contribution in [0.2, 0.25) is 0 Å². The van der Waals surface area contributed by atoms with Gasteiger partial charge in [0.15, 0.2) is 0 Å². The van der Waals surface area contributed by atoms with Gasteiger partial charge in [-0.25, -0.2) is 4.79 Å². The Balaban J connectivity index is 2.67. The lowest BCUT2D eigenvalue weighted by Crippen LogP contribution is -2.01. The Hall–Kier alpha value is -1.42. The van der Waals surface area contributed by atoms with E-state index in [4.69, 9.17) is 0 Å². The van der Waals surface area contributed by atoms with Crippen molar-refractivity contribution in [3.05, 3.63) is 29.1 Å². The molecule has 0 spiro atoms. The molecular formula is C9H7NO2S. The number of nitrogens with zero attached hydrogens (tertiary/aromatic N) is 1. The number of ether oxygens (including phenoxy) is 1. The van der Waals surface area contributed by atoms with Crippen LogP contribution in [0.4, 0.5) is 0 Å². The predicted octanol–water partition coefficient (Wildman–Crippen LogP) is 2.08. The maximum Gasteiger partial charge on any atom is 0.340 e. The summed E-state index contributed by atoms with van der Waals surface area (Å²) in [6.45, 7) is 0. The van der Waals surface area contributed by atoms with Crippen LogP contribution < -0.4 is 0 Å². The number of fused-ring (bicyclic) bond motifs is 1. The van der Waals surface area contributed by atoms with Crippen LogP contribution in [-0.2, 0) is 4.74 Å². The molecule has 0 fully saturated rings. The number of rotatable bonds is 1. The molecule has 66 valence electrons. The summed E-state index contributed by atoms with van der Waals surface area (Å²) in [6, 6.07) is 5.46. The van der Waals surface area contributed by atoms with Gasteiger partial charge in [0.2, 0.25) is 0 Å². The largest absolute Gasteiger partial charge is 0.465 e. The smallest absolute Gasteiger partial charge is 0.340 e. The Morgan fingerprint density at radius 1 is 1.54 bits per heavy atom. The first-order chi connectivity index (χ1) is 6.33. The predicted molar refractivity (Wildman–Crippen MR) is 51.0 cm³/mol. The van der Waals surface area contributed by atoms with Crippen LogP contribution in [0.1, 0.15) is 10.4 Å². The molecule has 0 unspecified atom stereocenters. The van der Waals surface area contributed by atoms with Gasteiger partial charge in [0.25, 0.3) is 0 Å². The molecule has 4 heteroatoms. The molecule has 0 N–H and O–H groups in total. The fourth-order valence-electron chi connectivity index (χ4n) is 1.17. The third-order valence-corrected chi connectivity index (χ3v) is 2.44. The van der Waals surface area contributed by atoms with E-state index in [0.29, 0.717) is 5.56 Å². The molecule has 0 bridgehead atoms. The van der Waals surface area contributed by atoms with E-state index in [2.05, 4.69) is 9.11 Å². The third kappa shape index (κ3) is 1.29. The second kappa shape index (κ2) is 3.14. The Labute approximate surface area is 79.1 Å². The topological polar surface area (TPSA) is 39.2 Å². The Kier molecular flexibility index (Phi) is 1.98. The summed E-state index contributed by atoms with van der Waals surface area (Å²) >= 11 is 1.34. The molecule has 1 aromatic heterocycles. The minimum absolute atomic E-state index is 0.337. The first-order valence-electron chi connectivity index (χ1n) is 3.74. The SMILES string of the molecule is COC(=O)c1cccc2csnc12. The molecule has 1 heterocycles. The summed E-state index contributed by atoms with van der Waals surface area (Å²) in [4.78, 5) is 11.3. The highest BCUT2D eigenvalue weighted by atomic mass is 32.1. The van der Waals surface area contributed by atoms with E-state index in [1.54, 1.807) is 6.07 Å². The van der Waals surface area contributed by atoms with Gasteiger partial charge >= 0.3 is 5.97 Å². The highest BCUT2D eigenvalue weighted by molar-refractivity contribution is 7.04. The maximum absolute atomic E-state index is 11.3. The van der Waals surface area contributed by atoms with E-state index in [0.717, 1.165) is 10.9 Å². The maximum atomic E-state index is 11.3. The van der Waals surface area contributed by atoms with Crippen LogP contribution in [0.3, 0.4) is 0 Å². The van der Waals surface area contributed by atoms with Crippen LogP contribution in [-0.4, -0.2) is 17.5 Å². The average molecular weight is 193 g/mol. The van der Waals surface area contributed by atoms with E-state index in [1.807, 2.05) is 17.5 Å². The Morgan fingerprint density at radius 3 is 3.15 bits per heavy atom. The second-order valence-electron chi connectivity index (χ2n) is 2.55. The fourth-order valence-corrected chi connectivity index (χ4v) is 1.83. The minimum Gasteiger partial charge on any atom is -0.465 e. The Morgan fingerprint density at radius 2 is 2.38 bits per heavy atom. The normalized spacial score (nSPS) is 10.2. The zero-order valence-corrected chi connectivity index (χ0v) is 7.80. The number of esters is 1. The van der Waals surface area contributed by atoms with E-state index >= 15 is 0 Å². The number of methoxy groups -OCH3 is 1. The lowest BCUT2D eigenvalue weighted by atomic mass is 10.1. The van der Waals surface area contributed by atoms with Gasteiger partial charge in [-0.3, -0.25) is 0 Å². The lowest BCUT2D eigenvalue weighted by molar-refractivity contribution is 0.0603. The molecular weight excluding hydrogens is 186 g/mol. The van der Waals surface area contributed by atoms with Crippen molar-refractivity contribution in [2.75, 3.05) is 7.11 Å². The molecule has 0 radical (unpaired) electrons. The van der Waals surface area contributed by atoms with Crippen LogP contribution in [0.15, 0.2) is 23.6 Å². The van der Waals surface area contributed by atoms with Crippen molar-refractivity contribution in [3.63, 3.8) is 0 Å². The number of hydrogen-bond donors (Lipinski definition) is 0. The molecule has 3 nitrogen and oxygen atoms in total. The number of hydrogen-bond acceptors (Lipinski definition) is 4. The van der Waals surface area contributed by atoms with E-state index < -0.39 is 0 Å². The zero-order chi connectivity index (χ0) is 9.26. The van der Waals surface area contributed by atoms with Gasteiger partial charge in [0, 0.05) is 10.8 Å². The standard InChI is InChI=1S/C9H7NO2S/c1-12-9(11)7-4-2-3-6-5-13-10-8(6)7/h2-5H,1H3. The summed E-state index contributed by atoms with van der Waals surface area (Å²) in [5, 5.41) is 2.88. The molecule has 0 aliphatic carbocycles. The van der Waals surface area contributed by atoms with Crippen molar-refractivity contribution >= 4 is 28.4 Å². The van der Waals surface area contributed by atoms with E-state index in [-0.39, 0.29) is 5.97 Å². The monoisotopic (exact) mass is 193 g/mol. The molecule has 13 heavy (non-hydrogen) atoms. The summed E-state index contributed by atoms with van der Waals surface area (Å²) in [7, 11) is 1.37. The van der Waals surface area contributed by atoms with Gasteiger partial charge in [-0.05, 0) is 17.6 Å². The van der Waals surface area contributed by atoms with Crippen LogP contribution in [0, 0.1) is 0 Å². The highest BCUT2D eigenvalue weighted by Gasteiger charge is 2.10. The Bertz CT molecular complexity index is 450. The molecule has 0 aliphatic rings. The van der Waals surface area contributed by atoms with Crippen LogP contribution >= 0.6 is 11.5 Å². The van der Waals surface area contributed by atoms with Crippen molar-refractivity contribution in [1.29, 1.82) is 0 Å². The first-order valence-corrected chi connectivity index (χ1v) is 4.58. The van der Waals surface area contributed by atoms with Crippen molar-refractivity contribution in [2.45, 2.75) is 0 Å². The second-order valence-corrected chi connectivity index (χ2v) is 3.18. The first kappa shape index (κ1) is 8.19. The van der Waals surface area contributed by atoms with Crippen molar-refractivity contribution in [3.8, 4) is 0 Å². The molecule has 0 amide bonds. The third-order valence-electron chi connectivity index (χ3n) is 1.80. The molecule has 2 aromatic rings.